The number of furan rings is 1. The molecule has 4 aromatic carbocycles. The van der Waals surface area contributed by atoms with E-state index in [1.54, 1.807) is 0 Å². The van der Waals surface area contributed by atoms with E-state index in [9.17, 15) is 0 Å². The first-order valence-corrected chi connectivity index (χ1v) is 9.79. The zero-order valence-electron chi connectivity index (χ0n) is 16.0. The van der Waals surface area contributed by atoms with Crippen molar-refractivity contribution < 1.29 is 4.42 Å². The van der Waals surface area contributed by atoms with Crippen molar-refractivity contribution in [3.8, 4) is 22.5 Å². The van der Waals surface area contributed by atoms with Crippen molar-refractivity contribution in [2.24, 2.45) is 0 Å². The molecule has 0 fully saturated rings. The van der Waals surface area contributed by atoms with E-state index in [4.69, 9.17) is 4.42 Å². The van der Waals surface area contributed by atoms with Gasteiger partial charge < -0.3 is 4.42 Å². The topological polar surface area (TPSA) is 13.1 Å². The molecule has 0 N–H and O–H groups in total. The minimum Gasteiger partial charge on any atom is -0.456 e. The average molecular weight is 360 g/mol. The summed E-state index contributed by atoms with van der Waals surface area (Å²) in [5.74, 6) is 0.931. The lowest BCUT2D eigenvalue weighted by Crippen LogP contribution is -2.14. The Balaban J connectivity index is 1.56. The normalized spacial score (nSPS) is 14.4. The first-order chi connectivity index (χ1) is 13.6. The van der Waals surface area contributed by atoms with Crippen molar-refractivity contribution in [1.82, 2.24) is 0 Å². The number of benzene rings is 4. The van der Waals surface area contributed by atoms with Crippen LogP contribution < -0.4 is 0 Å². The van der Waals surface area contributed by atoms with Crippen LogP contribution in [0.25, 0.3) is 44.2 Å². The van der Waals surface area contributed by atoms with Crippen molar-refractivity contribution in [2.75, 3.05) is 0 Å². The maximum atomic E-state index is 6.27. The third-order valence-corrected chi connectivity index (χ3v) is 6.29. The molecule has 0 aliphatic heterocycles. The Bertz CT molecular complexity index is 1380. The van der Waals surface area contributed by atoms with Gasteiger partial charge in [0.05, 0.1) is 0 Å². The van der Waals surface area contributed by atoms with Crippen LogP contribution in [0.5, 0.6) is 0 Å². The fourth-order valence-electron chi connectivity index (χ4n) is 4.79. The lowest BCUT2D eigenvalue weighted by molar-refractivity contribution is 0.630. The molecule has 1 aromatic heterocycles. The minimum absolute atomic E-state index is 0.000644. The van der Waals surface area contributed by atoms with Gasteiger partial charge >= 0.3 is 0 Å². The number of hydrogen-bond donors (Lipinski definition) is 0. The summed E-state index contributed by atoms with van der Waals surface area (Å²) >= 11 is 0. The van der Waals surface area contributed by atoms with Crippen molar-refractivity contribution in [3.63, 3.8) is 0 Å². The molecule has 1 nitrogen and oxygen atoms in total. The van der Waals surface area contributed by atoms with Gasteiger partial charge in [0.2, 0.25) is 0 Å². The fourth-order valence-corrected chi connectivity index (χ4v) is 4.79. The Kier molecular flexibility index (Phi) is 3.01. The fraction of sp³-hybridized carbons (Fsp3) is 0.111. The highest BCUT2D eigenvalue weighted by Crippen LogP contribution is 2.49. The highest BCUT2D eigenvalue weighted by atomic mass is 16.3. The summed E-state index contributed by atoms with van der Waals surface area (Å²) < 4.78 is 6.27. The van der Waals surface area contributed by atoms with E-state index in [2.05, 4.69) is 98.8 Å². The van der Waals surface area contributed by atoms with E-state index >= 15 is 0 Å². The molecular formula is C27H20O. The van der Waals surface area contributed by atoms with Crippen LogP contribution in [-0.4, -0.2) is 0 Å². The maximum Gasteiger partial charge on any atom is 0.135 e. The molecule has 0 saturated carbocycles. The maximum absolute atomic E-state index is 6.27. The minimum atomic E-state index is 0.000644. The van der Waals surface area contributed by atoms with E-state index < -0.39 is 0 Å². The van der Waals surface area contributed by atoms with Gasteiger partial charge in [-0.25, -0.2) is 0 Å². The Morgan fingerprint density at radius 3 is 2.36 bits per heavy atom. The van der Waals surface area contributed by atoms with Crippen molar-refractivity contribution >= 4 is 21.7 Å². The lowest BCUT2D eigenvalue weighted by atomic mass is 9.82. The molecule has 1 aliphatic carbocycles. The average Bonchev–Trinajstić information content (AvgIpc) is 3.26. The first-order valence-electron chi connectivity index (χ1n) is 9.79. The van der Waals surface area contributed by atoms with Crippen molar-refractivity contribution in [2.45, 2.75) is 19.3 Å². The molecule has 28 heavy (non-hydrogen) atoms. The number of fused-ring (bicyclic) bond motifs is 6. The van der Waals surface area contributed by atoms with Crippen LogP contribution in [0.2, 0.25) is 0 Å². The molecule has 0 unspecified atom stereocenters. The summed E-state index contributed by atoms with van der Waals surface area (Å²) in [5, 5.41) is 3.66. The summed E-state index contributed by atoms with van der Waals surface area (Å²) in [5.41, 5.74) is 7.54. The summed E-state index contributed by atoms with van der Waals surface area (Å²) in [7, 11) is 0. The molecule has 5 aromatic rings. The molecular weight excluding hydrogens is 340 g/mol. The molecule has 0 amide bonds. The number of hydrogen-bond acceptors (Lipinski definition) is 1. The van der Waals surface area contributed by atoms with E-state index in [-0.39, 0.29) is 5.41 Å². The third kappa shape index (κ3) is 2.02. The van der Waals surface area contributed by atoms with Crippen LogP contribution in [-0.2, 0) is 5.41 Å². The Labute approximate surface area is 164 Å². The monoisotopic (exact) mass is 360 g/mol. The van der Waals surface area contributed by atoms with Gasteiger partial charge in [0.15, 0.2) is 0 Å². The highest BCUT2D eigenvalue weighted by Gasteiger charge is 2.35. The van der Waals surface area contributed by atoms with Crippen molar-refractivity contribution in [3.05, 3.63) is 96.1 Å². The Hall–Kier alpha value is -3.32. The Morgan fingerprint density at radius 1 is 0.643 bits per heavy atom. The first kappa shape index (κ1) is 15.7. The van der Waals surface area contributed by atoms with Gasteiger partial charge in [0.1, 0.15) is 11.3 Å². The van der Waals surface area contributed by atoms with E-state index in [1.165, 1.54) is 38.4 Å². The van der Waals surface area contributed by atoms with Gasteiger partial charge in [-0.1, -0.05) is 80.6 Å². The summed E-state index contributed by atoms with van der Waals surface area (Å²) in [6.07, 6.45) is 0. The second kappa shape index (κ2) is 5.36. The second-order valence-corrected chi connectivity index (χ2v) is 8.24. The summed E-state index contributed by atoms with van der Waals surface area (Å²) in [6.45, 7) is 4.63. The van der Waals surface area contributed by atoms with Gasteiger partial charge in [-0.05, 0) is 51.2 Å². The van der Waals surface area contributed by atoms with E-state index in [0.29, 0.717) is 0 Å². The van der Waals surface area contributed by atoms with E-state index in [1.807, 2.05) is 0 Å². The molecule has 0 radical (unpaired) electrons. The van der Waals surface area contributed by atoms with Gasteiger partial charge in [0, 0.05) is 16.4 Å². The molecule has 1 heterocycles. The molecule has 0 spiro atoms. The van der Waals surface area contributed by atoms with Gasteiger partial charge in [-0.2, -0.15) is 0 Å². The van der Waals surface area contributed by atoms with Crippen LogP contribution >= 0.6 is 0 Å². The quantitative estimate of drug-likeness (QED) is 0.300. The van der Waals surface area contributed by atoms with Crippen LogP contribution in [0.3, 0.4) is 0 Å². The van der Waals surface area contributed by atoms with Gasteiger partial charge in [-0.15, -0.1) is 0 Å². The smallest absolute Gasteiger partial charge is 0.135 e. The van der Waals surface area contributed by atoms with Gasteiger partial charge in [0.25, 0.3) is 0 Å². The lowest BCUT2D eigenvalue weighted by Gasteiger charge is -2.21. The molecule has 134 valence electrons. The van der Waals surface area contributed by atoms with Crippen LogP contribution in [0.15, 0.2) is 89.3 Å². The van der Waals surface area contributed by atoms with Crippen LogP contribution in [0, 0.1) is 0 Å². The van der Waals surface area contributed by atoms with Crippen LogP contribution in [0.1, 0.15) is 25.0 Å². The van der Waals surface area contributed by atoms with Crippen LogP contribution in [0.4, 0.5) is 0 Å². The largest absolute Gasteiger partial charge is 0.456 e. The van der Waals surface area contributed by atoms with Crippen molar-refractivity contribution in [1.29, 1.82) is 0 Å². The summed E-state index contributed by atoms with van der Waals surface area (Å²) in [6, 6.07) is 30.4. The molecule has 1 heteroatoms. The standard InChI is InChI=1S/C27H20O/c1-27(2)23-10-6-5-9-20(23)21-13-11-18(15-24(21)27)26-16-22-19-8-4-3-7-17(19)12-14-25(22)28-26/h3-16H,1-2H3. The SMILES string of the molecule is CC1(C)c2ccccc2-c2ccc(-c3cc4c(ccc5ccccc54)o3)cc21. The van der Waals surface area contributed by atoms with Gasteiger partial charge in [-0.3, -0.25) is 0 Å². The second-order valence-electron chi connectivity index (χ2n) is 8.24. The zero-order chi connectivity index (χ0) is 18.9. The predicted molar refractivity (Wildman–Crippen MR) is 117 cm³/mol. The molecule has 1 aliphatic rings. The summed E-state index contributed by atoms with van der Waals surface area (Å²) in [4.78, 5) is 0. The molecule has 0 atom stereocenters. The Morgan fingerprint density at radius 2 is 1.43 bits per heavy atom. The third-order valence-electron chi connectivity index (χ3n) is 6.29. The zero-order valence-corrected chi connectivity index (χ0v) is 16.0. The molecule has 0 saturated heterocycles. The number of rotatable bonds is 1. The van der Waals surface area contributed by atoms with E-state index in [0.717, 1.165) is 16.9 Å². The highest BCUT2D eigenvalue weighted by molar-refractivity contribution is 6.07. The molecule has 0 bridgehead atoms. The predicted octanol–water partition coefficient (Wildman–Crippen LogP) is 7.56. The molecule has 6 rings (SSSR count).